The zero-order chi connectivity index (χ0) is 19.5. The van der Waals surface area contributed by atoms with Crippen LogP contribution in [0.1, 0.15) is 32.3 Å². The van der Waals surface area contributed by atoms with E-state index in [0.717, 1.165) is 12.1 Å². The van der Waals surface area contributed by atoms with Gasteiger partial charge in [0, 0.05) is 30.1 Å². The molecule has 0 saturated carbocycles. The molecule has 0 radical (unpaired) electrons. The Morgan fingerprint density at radius 2 is 1.85 bits per heavy atom. The van der Waals surface area contributed by atoms with Crippen LogP contribution in [0, 0.1) is 5.92 Å². The highest BCUT2D eigenvalue weighted by Crippen LogP contribution is 2.36. The third-order valence-corrected chi connectivity index (χ3v) is 4.35. The Morgan fingerprint density at radius 1 is 1.23 bits per heavy atom. The highest BCUT2D eigenvalue weighted by molar-refractivity contribution is 6.30. The van der Waals surface area contributed by atoms with Crippen molar-refractivity contribution < 1.29 is 22.8 Å². The lowest BCUT2D eigenvalue weighted by atomic mass is 9.95. The maximum absolute atomic E-state index is 13.1. The van der Waals surface area contributed by atoms with Crippen molar-refractivity contribution in [3.63, 3.8) is 0 Å². The summed E-state index contributed by atoms with van der Waals surface area (Å²) in [6.45, 7) is 4.46. The number of nitrogens with zero attached hydrogens (tertiary/aromatic N) is 1. The number of anilines is 1. The van der Waals surface area contributed by atoms with Crippen LogP contribution in [0.2, 0.25) is 5.02 Å². The molecule has 2 N–H and O–H groups in total. The Balaban J connectivity index is 1.99. The number of carbonyl (C=O) groups is 2. The second-order valence-corrected chi connectivity index (χ2v) is 6.98. The highest BCUT2D eigenvalue weighted by Gasteiger charge is 2.35. The summed E-state index contributed by atoms with van der Waals surface area (Å²) in [6, 6.07) is 3.04. The van der Waals surface area contributed by atoms with Crippen LogP contribution in [-0.2, 0) is 11.0 Å². The molecule has 0 atom stereocenters. The van der Waals surface area contributed by atoms with Crippen LogP contribution in [0.15, 0.2) is 18.2 Å². The lowest BCUT2D eigenvalue weighted by molar-refractivity contribution is -0.137. The second-order valence-electron chi connectivity index (χ2n) is 6.54. The van der Waals surface area contributed by atoms with Crippen LogP contribution in [0.4, 0.5) is 23.7 Å². The Morgan fingerprint density at radius 3 is 2.38 bits per heavy atom. The van der Waals surface area contributed by atoms with Gasteiger partial charge in [-0.3, -0.25) is 4.79 Å². The number of benzene rings is 1. The lowest BCUT2D eigenvalue weighted by Gasteiger charge is -2.32. The molecule has 0 spiro atoms. The first-order valence-electron chi connectivity index (χ1n) is 8.31. The molecule has 0 unspecified atom stereocenters. The van der Waals surface area contributed by atoms with Crippen molar-refractivity contribution in [2.75, 3.05) is 18.4 Å². The summed E-state index contributed by atoms with van der Waals surface area (Å²) < 4.78 is 39.3. The number of amides is 3. The Kier molecular flexibility index (Phi) is 6.39. The van der Waals surface area contributed by atoms with E-state index in [1.807, 2.05) is 13.8 Å². The van der Waals surface area contributed by atoms with Gasteiger partial charge in [-0.05, 0) is 44.9 Å². The van der Waals surface area contributed by atoms with Crippen LogP contribution >= 0.6 is 11.6 Å². The van der Waals surface area contributed by atoms with E-state index in [4.69, 9.17) is 11.6 Å². The number of carbonyl (C=O) groups excluding carboxylic acids is 2. The minimum Gasteiger partial charge on any atom is -0.336 e. The number of urea groups is 1. The predicted molar refractivity (Wildman–Crippen MR) is 93.0 cm³/mol. The number of piperidine rings is 1. The first-order valence-corrected chi connectivity index (χ1v) is 8.68. The van der Waals surface area contributed by atoms with Crippen molar-refractivity contribution in [2.45, 2.75) is 38.9 Å². The maximum atomic E-state index is 13.1. The molecule has 1 aliphatic rings. The zero-order valence-corrected chi connectivity index (χ0v) is 15.2. The largest absolute Gasteiger partial charge is 0.418 e. The average Bonchev–Trinajstić information content (AvgIpc) is 2.55. The third-order valence-electron chi connectivity index (χ3n) is 4.11. The van der Waals surface area contributed by atoms with Gasteiger partial charge in [-0.15, -0.1) is 0 Å². The number of rotatable bonds is 3. The fourth-order valence-corrected chi connectivity index (χ4v) is 2.95. The monoisotopic (exact) mass is 391 g/mol. The zero-order valence-electron chi connectivity index (χ0n) is 14.5. The number of hydrogen-bond acceptors (Lipinski definition) is 2. The first kappa shape index (κ1) is 20.4. The van der Waals surface area contributed by atoms with Gasteiger partial charge in [-0.2, -0.15) is 13.2 Å². The maximum Gasteiger partial charge on any atom is 0.418 e. The number of halogens is 4. The molecule has 0 bridgehead atoms. The molecule has 0 aliphatic carbocycles. The minimum atomic E-state index is -4.62. The fraction of sp³-hybridized carbons (Fsp3) is 0.529. The topological polar surface area (TPSA) is 61.4 Å². The molecule has 1 aliphatic heterocycles. The van der Waals surface area contributed by atoms with Gasteiger partial charge in [0.2, 0.25) is 5.91 Å². The number of hydrogen-bond donors (Lipinski definition) is 2. The SMILES string of the molecule is CC(C)NC(=O)N1CCC(C(=O)Nc2ccc(Cl)cc2C(F)(F)F)CC1. The summed E-state index contributed by atoms with van der Waals surface area (Å²) in [6.07, 6.45) is -3.83. The normalized spacial score (nSPS) is 15.9. The van der Waals surface area contributed by atoms with E-state index in [-0.39, 0.29) is 22.8 Å². The van der Waals surface area contributed by atoms with Crippen LogP contribution in [0.3, 0.4) is 0 Å². The van der Waals surface area contributed by atoms with Gasteiger partial charge in [-0.1, -0.05) is 11.6 Å². The van der Waals surface area contributed by atoms with Gasteiger partial charge in [0.15, 0.2) is 0 Å². The van der Waals surface area contributed by atoms with Gasteiger partial charge in [-0.25, -0.2) is 4.79 Å². The van der Waals surface area contributed by atoms with E-state index in [1.54, 1.807) is 4.90 Å². The van der Waals surface area contributed by atoms with Gasteiger partial charge in [0.1, 0.15) is 0 Å². The quantitative estimate of drug-likeness (QED) is 0.814. The molecule has 144 valence electrons. The Hall–Kier alpha value is -1.96. The van der Waals surface area contributed by atoms with Crippen LogP contribution in [0.25, 0.3) is 0 Å². The molecular formula is C17H21ClF3N3O2. The van der Waals surface area contributed by atoms with Crippen molar-refractivity contribution in [3.05, 3.63) is 28.8 Å². The molecule has 0 aromatic heterocycles. The number of alkyl halides is 3. The third kappa shape index (κ3) is 5.27. The van der Waals surface area contributed by atoms with E-state index in [1.165, 1.54) is 6.07 Å². The first-order chi connectivity index (χ1) is 12.1. The number of nitrogens with one attached hydrogen (secondary N) is 2. The van der Waals surface area contributed by atoms with E-state index < -0.39 is 23.6 Å². The molecule has 1 fully saturated rings. The Labute approximate surface area is 154 Å². The van der Waals surface area contributed by atoms with Gasteiger partial charge < -0.3 is 15.5 Å². The van der Waals surface area contributed by atoms with Gasteiger partial charge in [0.05, 0.1) is 11.3 Å². The van der Waals surface area contributed by atoms with Crippen molar-refractivity contribution in [3.8, 4) is 0 Å². The molecule has 2 rings (SSSR count). The molecule has 5 nitrogen and oxygen atoms in total. The highest BCUT2D eigenvalue weighted by atomic mass is 35.5. The molecule has 1 aromatic carbocycles. The minimum absolute atomic E-state index is 0.00853. The lowest BCUT2D eigenvalue weighted by Crippen LogP contribution is -2.47. The van der Waals surface area contributed by atoms with Crippen molar-refractivity contribution in [1.29, 1.82) is 0 Å². The summed E-state index contributed by atoms with van der Waals surface area (Å²) in [7, 11) is 0. The van der Waals surface area contributed by atoms with Crippen LogP contribution in [0.5, 0.6) is 0 Å². The summed E-state index contributed by atoms with van der Waals surface area (Å²) in [4.78, 5) is 25.9. The molecule has 3 amide bonds. The summed E-state index contributed by atoms with van der Waals surface area (Å²) in [5.74, 6) is -0.934. The van der Waals surface area contributed by atoms with E-state index in [9.17, 15) is 22.8 Å². The van der Waals surface area contributed by atoms with E-state index in [0.29, 0.717) is 25.9 Å². The second kappa shape index (κ2) is 8.16. The average molecular weight is 392 g/mol. The smallest absolute Gasteiger partial charge is 0.336 e. The number of likely N-dealkylation sites (tertiary alicyclic amines) is 1. The summed E-state index contributed by atoms with van der Waals surface area (Å²) >= 11 is 5.63. The molecule has 1 aromatic rings. The molecular weight excluding hydrogens is 371 g/mol. The van der Waals surface area contributed by atoms with Crippen molar-refractivity contribution in [1.82, 2.24) is 10.2 Å². The van der Waals surface area contributed by atoms with E-state index >= 15 is 0 Å². The van der Waals surface area contributed by atoms with Crippen molar-refractivity contribution >= 4 is 29.2 Å². The van der Waals surface area contributed by atoms with E-state index in [2.05, 4.69) is 10.6 Å². The van der Waals surface area contributed by atoms with Crippen LogP contribution < -0.4 is 10.6 Å². The predicted octanol–water partition coefficient (Wildman–Crippen LogP) is 4.13. The molecule has 1 heterocycles. The van der Waals surface area contributed by atoms with Gasteiger partial charge >= 0.3 is 12.2 Å². The molecule has 1 saturated heterocycles. The standard InChI is InChI=1S/C17H21ClF3N3O2/c1-10(2)22-16(26)24-7-5-11(6-8-24)15(25)23-14-4-3-12(18)9-13(14)17(19,20)21/h3-4,9-11H,5-8H2,1-2H3,(H,22,26)(H,23,25). The molecule has 9 heteroatoms. The van der Waals surface area contributed by atoms with Crippen molar-refractivity contribution in [2.24, 2.45) is 5.92 Å². The van der Waals surface area contributed by atoms with Crippen LogP contribution in [-0.4, -0.2) is 36.0 Å². The summed E-state index contributed by atoms with van der Waals surface area (Å²) in [5, 5.41) is 5.07. The summed E-state index contributed by atoms with van der Waals surface area (Å²) in [5.41, 5.74) is -1.29. The fourth-order valence-electron chi connectivity index (χ4n) is 2.78. The molecule has 26 heavy (non-hydrogen) atoms. The van der Waals surface area contributed by atoms with Gasteiger partial charge in [0.25, 0.3) is 0 Å². The Bertz CT molecular complexity index is 672.